The monoisotopic (exact) mass is 605 g/mol. The average molecular weight is 607 g/mol. The fourth-order valence-electron chi connectivity index (χ4n) is 4.14. The summed E-state index contributed by atoms with van der Waals surface area (Å²) in [5.74, 6) is -0.281. The highest BCUT2D eigenvalue weighted by atomic mass is 35.5. The van der Waals surface area contributed by atoms with Crippen molar-refractivity contribution >= 4 is 50.7 Å². The van der Waals surface area contributed by atoms with Crippen LogP contribution in [0.4, 0.5) is 5.69 Å². The maximum Gasteiger partial charge on any atom is 0.264 e. The Morgan fingerprint density at radius 1 is 0.950 bits per heavy atom. The maximum absolute atomic E-state index is 14.0. The van der Waals surface area contributed by atoms with Gasteiger partial charge in [-0.25, -0.2) is 8.42 Å². The number of carbonyl (C=O) groups excluding carboxylic acids is 2. The SMILES string of the molecule is CCCNC(=O)[C@@H](CC)N(Cc1cccc(OC)c1)C(=O)CN(c1ccc(Cl)c(Cl)c1)S(=O)(=O)c1ccccc1. The van der Waals surface area contributed by atoms with Gasteiger partial charge in [0.1, 0.15) is 18.3 Å². The van der Waals surface area contributed by atoms with Crippen molar-refractivity contribution in [2.45, 2.75) is 44.2 Å². The van der Waals surface area contributed by atoms with Gasteiger partial charge in [-0.3, -0.25) is 13.9 Å². The van der Waals surface area contributed by atoms with Gasteiger partial charge in [0.15, 0.2) is 0 Å². The van der Waals surface area contributed by atoms with Crippen LogP contribution in [0.1, 0.15) is 32.3 Å². The number of hydrogen-bond donors (Lipinski definition) is 1. The number of carbonyl (C=O) groups is 2. The molecule has 0 saturated heterocycles. The Kier molecular flexibility index (Phi) is 11.2. The average Bonchev–Trinajstić information content (AvgIpc) is 2.96. The quantitative estimate of drug-likeness (QED) is 0.276. The van der Waals surface area contributed by atoms with Crippen molar-refractivity contribution in [1.29, 1.82) is 0 Å². The summed E-state index contributed by atoms with van der Waals surface area (Å²) >= 11 is 12.3. The molecule has 3 aromatic carbocycles. The summed E-state index contributed by atoms with van der Waals surface area (Å²) in [5, 5.41) is 3.24. The van der Waals surface area contributed by atoms with Crippen molar-refractivity contribution < 1.29 is 22.7 Å². The lowest BCUT2D eigenvalue weighted by Crippen LogP contribution is -2.52. The second-order valence-corrected chi connectivity index (χ2v) is 11.7. The number of rotatable bonds is 13. The number of halogens is 2. The summed E-state index contributed by atoms with van der Waals surface area (Å²) < 4.78 is 34.0. The molecular weight excluding hydrogens is 573 g/mol. The van der Waals surface area contributed by atoms with Crippen molar-refractivity contribution in [2.24, 2.45) is 0 Å². The number of anilines is 1. The highest BCUT2D eigenvalue weighted by Crippen LogP contribution is 2.31. The summed E-state index contributed by atoms with van der Waals surface area (Å²) in [5.41, 5.74) is 0.887. The number of methoxy groups -OCH3 is 1. The van der Waals surface area contributed by atoms with E-state index in [0.717, 1.165) is 16.3 Å². The van der Waals surface area contributed by atoms with E-state index in [1.54, 1.807) is 50.4 Å². The molecule has 1 N–H and O–H groups in total. The maximum atomic E-state index is 14.0. The number of ether oxygens (including phenoxy) is 1. The van der Waals surface area contributed by atoms with Crippen LogP contribution in [0.3, 0.4) is 0 Å². The molecule has 1 atom stereocenters. The highest BCUT2D eigenvalue weighted by molar-refractivity contribution is 7.92. The molecule has 0 aliphatic rings. The molecule has 8 nitrogen and oxygen atoms in total. The number of nitrogens with zero attached hydrogens (tertiary/aromatic N) is 2. The first kappa shape index (κ1) is 31.3. The Balaban J connectivity index is 2.07. The van der Waals surface area contributed by atoms with Crippen LogP contribution in [0.5, 0.6) is 5.75 Å². The van der Waals surface area contributed by atoms with Crippen molar-refractivity contribution in [3.63, 3.8) is 0 Å². The van der Waals surface area contributed by atoms with Gasteiger partial charge in [0.25, 0.3) is 10.0 Å². The lowest BCUT2D eigenvalue weighted by atomic mass is 10.1. The minimum absolute atomic E-state index is 0.000878. The van der Waals surface area contributed by atoms with Crippen molar-refractivity contribution in [2.75, 3.05) is 24.5 Å². The molecule has 0 aromatic heterocycles. The van der Waals surface area contributed by atoms with E-state index >= 15 is 0 Å². The molecule has 0 saturated carbocycles. The van der Waals surface area contributed by atoms with Gasteiger partial charge in [-0.1, -0.05) is 67.4 Å². The van der Waals surface area contributed by atoms with Crippen LogP contribution >= 0.6 is 23.2 Å². The molecule has 3 aromatic rings. The molecule has 0 spiro atoms. The molecule has 3 rings (SSSR count). The molecule has 0 fully saturated rings. The minimum Gasteiger partial charge on any atom is -0.497 e. The topological polar surface area (TPSA) is 96.0 Å². The lowest BCUT2D eigenvalue weighted by Gasteiger charge is -2.33. The van der Waals surface area contributed by atoms with Crippen LogP contribution < -0.4 is 14.4 Å². The normalized spacial score (nSPS) is 11.9. The molecule has 0 aliphatic carbocycles. The third-order valence-corrected chi connectivity index (χ3v) is 8.75. The Bertz CT molecular complexity index is 1420. The second-order valence-electron chi connectivity index (χ2n) is 9.01. The van der Waals surface area contributed by atoms with Crippen molar-refractivity contribution in [1.82, 2.24) is 10.2 Å². The van der Waals surface area contributed by atoms with Gasteiger partial charge >= 0.3 is 0 Å². The summed E-state index contributed by atoms with van der Waals surface area (Å²) in [6.45, 7) is 3.68. The predicted octanol–water partition coefficient (Wildman–Crippen LogP) is 5.53. The second kappa shape index (κ2) is 14.4. The van der Waals surface area contributed by atoms with Crippen LogP contribution in [-0.4, -0.2) is 51.4 Å². The van der Waals surface area contributed by atoms with Gasteiger partial charge in [-0.15, -0.1) is 0 Å². The van der Waals surface area contributed by atoms with E-state index in [1.165, 1.54) is 35.2 Å². The van der Waals surface area contributed by atoms with Crippen LogP contribution in [0.15, 0.2) is 77.7 Å². The van der Waals surface area contributed by atoms with Gasteiger partial charge in [0, 0.05) is 13.1 Å². The number of benzene rings is 3. The first-order valence-corrected chi connectivity index (χ1v) is 15.0. The van der Waals surface area contributed by atoms with Gasteiger partial charge < -0.3 is 15.0 Å². The fourth-order valence-corrected chi connectivity index (χ4v) is 5.86. The van der Waals surface area contributed by atoms with E-state index in [1.807, 2.05) is 13.0 Å². The molecular formula is C29H33Cl2N3O5S. The minimum atomic E-state index is -4.20. The molecule has 0 heterocycles. The van der Waals surface area contributed by atoms with E-state index in [2.05, 4.69) is 5.32 Å². The summed E-state index contributed by atoms with van der Waals surface area (Å²) in [7, 11) is -2.66. The zero-order valence-corrected chi connectivity index (χ0v) is 25.0. The molecule has 214 valence electrons. The summed E-state index contributed by atoms with van der Waals surface area (Å²) in [6.07, 6.45) is 1.05. The zero-order chi connectivity index (χ0) is 29.3. The van der Waals surface area contributed by atoms with Crippen LogP contribution in [0.2, 0.25) is 10.0 Å². The van der Waals surface area contributed by atoms with E-state index in [4.69, 9.17) is 27.9 Å². The van der Waals surface area contributed by atoms with Crippen LogP contribution in [-0.2, 0) is 26.2 Å². The van der Waals surface area contributed by atoms with Crippen molar-refractivity contribution in [3.8, 4) is 5.75 Å². The molecule has 0 aliphatic heterocycles. The third kappa shape index (κ3) is 7.68. The Morgan fingerprint density at radius 3 is 2.30 bits per heavy atom. The number of nitrogens with one attached hydrogen (secondary N) is 1. The molecule has 0 bridgehead atoms. The number of sulfonamides is 1. The van der Waals surface area contributed by atoms with Gasteiger partial charge in [0.05, 0.1) is 27.7 Å². The van der Waals surface area contributed by atoms with Crippen molar-refractivity contribution in [3.05, 3.63) is 88.4 Å². The summed E-state index contributed by atoms with van der Waals surface area (Å²) in [4.78, 5) is 28.6. The zero-order valence-electron chi connectivity index (χ0n) is 22.6. The van der Waals surface area contributed by atoms with Gasteiger partial charge in [-0.2, -0.15) is 0 Å². The van der Waals surface area contributed by atoms with Crippen LogP contribution in [0, 0.1) is 0 Å². The first-order chi connectivity index (χ1) is 19.1. The Hall–Kier alpha value is -3.27. The number of hydrogen-bond acceptors (Lipinski definition) is 5. The molecule has 0 unspecified atom stereocenters. The highest BCUT2D eigenvalue weighted by Gasteiger charge is 2.33. The standard InChI is InChI=1S/C29H33Cl2N3O5S/c1-4-16-32-29(36)27(5-2)33(19-21-10-9-11-23(17-21)39-3)28(35)20-34(22-14-15-25(30)26(31)18-22)40(37,38)24-12-7-6-8-13-24/h6-15,17-18,27H,4-5,16,19-20H2,1-3H3,(H,32,36)/t27-/m1/s1. The van der Waals surface area contributed by atoms with E-state index in [-0.39, 0.29) is 33.1 Å². The largest absolute Gasteiger partial charge is 0.497 e. The molecule has 11 heteroatoms. The van der Waals surface area contributed by atoms with E-state index < -0.39 is 28.5 Å². The smallest absolute Gasteiger partial charge is 0.264 e. The van der Waals surface area contributed by atoms with Gasteiger partial charge in [-0.05, 0) is 60.9 Å². The lowest BCUT2D eigenvalue weighted by molar-refractivity contribution is -0.140. The van der Waals surface area contributed by atoms with E-state index in [9.17, 15) is 18.0 Å². The van der Waals surface area contributed by atoms with Crippen LogP contribution in [0.25, 0.3) is 0 Å². The third-order valence-electron chi connectivity index (χ3n) is 6.22. The molecule has 0 radical (unpaired) electrons. The number of amides is 2. The first-order valence-electron chi connectivity index (χ1n) is 12.8. The summed E-state index contributed by atoms with van der Waals surface area (Å²) in [6, 6.07) is 18.5. The van der Waals surface area contributed by atoms with E-state index in [0.29, 0.717) is 18.7 Å². The predicted molar refractivity (Wildman–Crippen MR) is 158 cm³/mol. The molecule has 2 amide bonds. The Labute approximate surface area is 245 Å². The molecule has 40 heavy (non-hydrogen) atoms. The Morgan fingerprint density at radius 2 is 1.68 bits per heavy atom. The van der Waals surface area contributed by atoms with Gasteiger partial charge in [0.2, 0.25) is 11.8 Å². The fraction of sp³-hybridized carbons (Fsp3) is 0.310.